The standard InChI is InChI=1S/C12H17N3O/c1-9-5-2-3-8-15(9)12(16)10-6-4-7-14-11(10)13/h4,6-7,9H,2-3,5,8H2,1H3,(H2,13,14). The van der Waals surface area contributed by atoms with Crippen LogP contribution in [0.25, 0.3) is 0 Å². The van der Waals surface area contributed by atoms with Crippen LogP contribution < -0.4 is 5.73 Å². The average Bonchev–Trinajstić information content (AvgIpc) is 2.29. The van der Waals surface area contributed by atoms with E-state index < -0.39 is 0 Å². The number of likely N-dealkylation sites (tertiary alicyclic amines) is 1. The Labute approximate surface area is 95.5 Å². The molecular formula is C12H17N3O. The van der Waals surface area contributed by atoms with E-state index in [0.717, 1.165) is 19.4 Å². The maximum Gasteiger partial charge on any atom is 0.257 e. The Balaban J connectivity index is 2.21. The van der Waals surface area contributed by atoms with Crippen LogP contribution in [0.2, 0.25) is 0 Å². The molecule has 1 atom stereocenters. The van der Waals surface area contributed by atoms with Gasteiger partial charge in [0.25, 0.3) is 5.91 Å². The molecule has 1 fully saturated rings. The fourth-order valence-electron chi connectivity index (χ4n) is 2.15. The number of carbonyl (C=O) groups is 1. The van der Waals surface area contributed by atoms with Gasteiger partial charge in [-0.1, -0.05) is 0 Å². The first kappa shape index (κ1) is 10.9. The summed E-state index contributed by atoms with van der Waals surface area (Å²) in [6.45, 7) is 2.91. The van der Waals surface area contributed by atoms with Gasteiger partial charge in [0.15, 0.2) is 0 Å². The fourth-order valence-corrected chi connectivity index (χ4v) is 2.15. The van der Waals surface area contributed by atoms with Crippen LogP contribution in [-0.2, 0) is 0 Å². The van der Waals surface area contributed by atoms with Crippen LogP contribution in [0.15, 0.2) is 18.3 Å². The van der Waals surface area contributed by atoms with Crippen molar-refractivity contribution in [2.75, 3.05) is 12.3 Å². The molecule has 4 heteroatoms. The Hall–Kier alpha value is -1.58. The molecule has 1 aromatic rings. The van der Waals surface area contributed by atoms with Crippen molar-refractivity contribution in [1.29, 1.82) is 0 Å². The minimum absolute atomic E-state index is 0.0119. The van der Waals surface area contributed by atoms with Crippen LogP contribution in [-0.4, -0.2) is 28.4 Å². The van der Waals surface area contributed by atoms with E-state index in [4.69, 9.17) is 5.73 Å². The molecule has 1 saturated heterocycles. The fraction of sp³-hybridized carbons (Fsp3) is 0.500. The summed E-state index contributed by atoms with van der Waals surface area (Å²) in [5.74, 6) is 0.336. The highest BCUT2D eigenvalue weighted by atomic mass is 16.2. The zero-order chi connectivity index (χ0) is 11.5. The van der Waals surface area contributed by atoms with E-state index in [1.807, 2.05) is 4.90 Å². The molecule has 0 radical (unpaired) electrons. The highest BCUT2D eigenvalue weighted by Gasteiger charge is 2.25. The summed E-state index contributed by atoms with van der Waals surface area (Å²) < 4.78 is 0. The third-order valence-corrected chi connectivity index (χ3v) is 3.13. The Morgan fingerprint density at radius 1 is 1.56 bits per heavy atom. The maximum atomic E-state index is 12.2. The number of piperidine rings is 1. The summed E-state index contributed by atoms with van der Waals surface area (Å²) in [6, 6.07) is 3.80. The Morgan fingerprint density at radius 2 is 2.38 bits per heavy atom. The van der Waals surface area contributed by atoms with E-state index in [1.165, 1.54) is 6.42 Å². The van der Waals surface area contributed by atoms with Gasteiger partial charge >= 0.3 is 0 Å². The second-order valence-corrected chi connectivity index (χ2v) is 4.28. The molecule has 0 spiro atoms. The molecule has 0 aliphatic carbocycles. The third kappa shape index (κ3) is 2.01. The molecule has 0 bridgehead atoms. The zero-order valence-electron chi connectivity index (χ0n) is 9.52. The minimum atomic E-state index is 0.0119. The van der Waals surface area contributed by atoms with Crippen molar-refractivity contribution in [3.63, 3.8) is 0 Å². The highest BCUT2D eigenvalue weighted by Crippen LogP contribution is 2.20. The van der Waals surface area contributed by atoms with Gasteiger partial charge in [-0.25, -0.2) is 4.98 Å². The van der Waals surface area contributed by atoms with E-state index >= 15 is 0 Å². The average molecular weight is 219 g/mol. The number of hydrogen-bond donors (Lipinski definition) is 1. The van der Waals surface area contributed by atoms with Gasteiger partial charge in [0.05, 0.1) is 5.56 Å². The van der Waals surface area contributed by atoms with Crippen LogP contribution in [0, 0.1) is 0 Å². The van der Waals surface area contributed by atoms with Crippen molar-refractivity contribution in [3.8, 4) is 0 Å². The number of amides is 1. The summed E-state index contributed by atoms with van der Waals surface area (Å²) in [4.78, 5) is 18.1. The lowest BCUT2D eigenvalue weighted by Gasteiger charge is -2.33. The lowest BCUT2D eigenvalue weighted by Crippen LogP contribution is -2.42. The Bertz CT molecular complexity index is 392. The number of carbonyl (C=O) groups excluding carboxylic acids is 1. The number of aromatic nitrogens is 1. The van der Waals surface area contributed by atoms with Crippen LogP contribution in [0.1, 0.15) is 36.5 Å². The number of pyridine rings is 1. The first-order chi connectivity index (χ1) is 7.70. The van der Waals surface area contributed by atoms with Crippen LogP contribution in [0.4, 0.5) is 5.82 Å². The number of nitrogen functional groups attached to an aromatic ring is 1. The van der Waals surface area contributed by atoms with E-state index in [2.05, 4.69) is 11.9 Å². The van der Waals surface area contributed by atoms with Crippen molar-refractivity contribution < 1.29 is 4.79 Å². The largest absolute Gasteiger partial charge is 0.383 e. The molecule has 1 aromatic heterocycles. The summed E-state index contributed by atoms with van der Waals surface area (Å²) in [5.41, 5.74) is 6.24. The van der Waals surface area contributed by atoms with Crippen molar-refractivity contribution in [3.05, 3.63) is 23.9 Å². The molecule has 4 nitrogen and oxygen atoms in total. The van der Waals surface area contributed by atoms with Gasteiger partial charge in [-0.2, -0.15) is 0 Å². The number of rotatable bonds is 1. The van der Waals surface area contributed by atoms with E-state index in [1.54, 1.807) is 18.3 Å². The van der Waals surface area contributed by atoms with Crippen LogP contribution in [0.3, 0.4) is 0 Å². The van der Waals surface area contributed by atoms with Gasteiger partial charge in [-0.3, -0.25) is 4.79 Å². The van der Waals surface area contributed by atoms with Crippen LogP contribution >= 0.6 is 0 Å². The third-order valence-electron chi connectivity index (χ3n) is 3.13. The second-order valence-electron chi connectivity index (χ2n) is 4.28. The Kier molecular flexibility index (Phi) is 3.08. The molecular weight excluding hydrogens is 202 g/mol. The predicted molar refractivity (Wildman–Crippen MR) is 63.0 cm³/mol. The molecule has 86 valence electrons. The molecule has 1 amide bonds. The van der Waals surface area contributed by atoms with E-state index in [-0.39, 0.29) is 5.91 Å². The lowest BCUT2D eigenvalue weighted by molar-refractivity contribution is 0.0636. The first-order valence-electron chi connectivity index (χ1n) is 5.71. The van der Waals surface area contributed by atoms with Gasteiger partial charge in [-0.05, 0) is 38.3 Å². The SMILES string of the molecule is CC1CCCCN1C(=O)c1cccnc1N. The molecule has 1 unspecified atom stereocenters. The van der Waals surface area contributed by atoms with Crippen molar-refractivity contribution in [1.82, 2.24) is 9.88 Å². The van der Waals surface area contributed by atoms with Gasteiger partial charge < -0.3 is 10.6 Å². The molecule has 2 heterocycles. The number of nitrogens with two attached hydrogens (primary N) is 1. The molecule has 0 saturated carbocycles. The highest BCUT2D eigenvalue weighted by molar-refractivity contribution is 5.98. The van der Waals surface area contributed by atoms with Crippen molar-refractivity contribution in [2.24, 2.45) is 0 Å². The van der Waals surface area contributed by atoms with Gasteiger partial charge in [0.1, 0.15) is 5.82 Å². The molecule has 1 aliphatic rings. The summed E-state index contributed by atoms with van der Waals surface area (Å²) >= 11 is 0. The monoisotopic (exact) mass is 219 g/mol. The lowest BCUT2D eigenvalue weighted by atomic mass is 10.0. The normalized spacial score (nSPS) is 20.8. The van der Waals surface area contributed by atoms with Gasteiger partial charge in [0.2, 0.25) is 0 Å². The smallest absolute Gasteiger partial charge is 0.257 e. The second kappa shape index (κ2) is 4.51. The van der Waals surface area contributed by atoms with Gasteiger partial charge in [0, 0.05) is 18.8 Å². The molecule has 16 heavy (non-hydrogen) atoms. The number of hydrogen-bond acceptors (Lipinski definition) is 3. The zero-order valence-corrected chi connectivity index (χ0v) is 9.52. The van der Waals surface area contributed by atoms with E-state index in [0.29, 0.717) is 17.4 Å². The summed E-state index contributed by atoms with van der Waals surface area (Å²) in [5, 5.41) is 0. The summed E-state index contributed by atoms with van der Waals surface area (Å²) in [7, 11) is 0. The van der Waals surface area contributed by atoms with Crippen LogP contribution in [0.5, 0.6) is 0 Å². The molecule has 2 N–H and O–H groups in total. The summed E-state index contributed by atoms with van der Waals surface area (Å²) in [6.07, 6.45) is 4.96. The quantitative estimate of drug-likeness (QED) is 0.781. The molecule has 1 aliphatic heterocycles. The number of anilines is 1. The maximum absolute atomic E-state index is 12.2. The Morgan fingerprint density at radius 3 is 3.06 bits per heavy atom. The predicted octanol–water partition coefficient (Wildman–Crippen LogP) is 1.68. The van der Waals surface area contributed by atoms with Crippen molar-refractivity contribution in [2.45, 2.75) is 32.2 Å². The molecule has 2 rings (SSSR count). The molecule has 0 aromatic carbocycles. The minimum Gasteiger partial charge on any atom is -0.383 e. The number of nitrogens with zero attached hydrogens (tertiary/aromatic N) is 2. The van der Waals surface area contributed by atoms with Gasteiger partial charge in [-0.15, -0.1) is 0 Å². The van der Waals surface area contributed by atoms with E-state index in [9.17, 15) is 4.79 Å². The topological polar surface area (TPSA) is 59.2 Å². The van der Waals surface area contributed by atoms with Crippen molar-refractivity contribution >= 4 is 11.7 Å². The first-order valence-corrected chi connectivity index (χ1v) is 5.71.